The van der Waals surface area contributed by atoms with E-state index in [0.29, 0.717) is 12.2 Å². The lowest BCUT2D eigenvalue weighted by molar-refractivity contribution is -0.892. The van der Waals surface area contributed by atoms with Crippen LogP contribution >= 0.6 is 11.6 Å². The number of fused-ring (bicyclic) bond motifs is 1. The van der Waals surface area contributed by atoms with Gasteiger partial charge in [0.15, 0.2) is 6.54 Å². The lowest BCUT2D eigenvalue weighted by atomic mass is 9.96. The number of hydrogen-bond acceptors (Lipinski definition) is 3. The molecule has 1 fully saturated rings. The van der Waals surface area contributed by atoms with Crippen molar-refractivity contribution < 1.29 is 14.5 Å². The first-order valence-corrected chi connectivity index (χ1v) is 10.3. The van der Waals surface area contributed by atoms with Crippen LogP contribution in [-0.2, 0) is 9.59 Å². The molecule has 2 heterocycles. The minimum absolute atomic E-state index is 0.0292. The summed E-state index contributed by atoms with van der Waals surface area (Å²) in [4.78, 5) is 31.0. The predicted molar refractivity (Wildman–Crippen MR) is 116 cm³/mol. The SMILES string of the molecule is CC1(C)C(=O)Nc2ccccc2N1C(=O)C[NH+]1CCN(c2ccccc2Cl)CC1. The van der Waals surface area contributed by atoms with Gasteiger partial charge in [-0.25, -0.2) is 0 Å². The van der Waals surface area contributed by atoms with Crippen LogP contribution in [0.15, 0.2) is 48.5 Å². The molecule has 152 valence electrons. The van der Waals surface area contributed by atoms with Crippen molar-refractivity contribution in [2.24, 2.45) is 0 Å². The van der Waals surface area contributed by atoms with Gasteiger partial charge in [-0.1, -0.05) is 35.9 Å². The number of nitrogens with one attached hydrogen (secondary N) is 2. The smallest absolute Gasteiger partial charge is 0.283 e. The summed E-state index contributed by atoms with van der Waals surface area (Å²) in [5, 5.41) is 3.66. The van der Waals surface area contributed by atoms with Crippen LogP contribution in [-0.4, -0.2) is 50.1 Å². The zero-order valence-electron chi connectivity index (χ0n) is 16.7. The van der Waals surface area contributed by atoms with Crippen LogP contribution in [0.4, 0.5) is 17.1 Å². The molecule has 0 aliphatic carbocycles. The fraction of sp³-hybridized carbons (Fsp3) is 0.364. The van der Waals surface area contributed by atoms with Crippen molar-refractivity contribution >= 4 is 40.5 Å². The van der Waals surface area contributed by atoms with Crippen LogP contribution in [0.3, 0.4) is 0 Å². The standard InChI is InChI=1S/C22H25ClN4O2/c1-22(2)21(29)24-17-8-4-6-10-19(17)27(22)20(28)15-25-11-13-26(14-12-25)18-9-5-3-7-16(18)23/h3-10H,11-15H2,1-2H3,(H,24,29)/p+1. The number of rotatable bonds is 3. The minimum atomic E-state index is -0.926. The van der Waals surface area contributed by atoms with E-state index >= 15 is 0 Å². The maximum atomic E-state index is 13.3. The van der Waals surface area contributed by atoms with Crippen LogP contribution in [0.5, 0.6) is 0 Å². The summed E-state index contributed by atoms with van der Waals surface area (Å²) in [7, 11) is 0. The second kappa shape index (κ2) is 7.69. The van der Waals surface area contributed by atoms with Crippen LogP contribution < -0.4 is 20.0 Å². The molecule has 1 saturated heterocycles. The number of piperazine rings is 1. The number of quaternary nitrogens is 1. The van der Waals surface area contributed by atoms with E-state index in [-0.39, 0.29) is 11.8 Å². The molecule has 7 heteroatoms. The normalized spacial score (nSPS) is 18.9. The first-order chi connectivity index (χ1) is 13.9. The molecule has 2 aliphatic heterocycles. The lowest BCUT2D eigenvalue weighted by Gasteiger charge is -2.42. The maximum absolute atomic E-state index is 13.3. The predicted octanol–water partition coefficient (Wildman–Crippen LogP) is 1.81. The van der Waals surface area contributed by atoms with Gasteiger partial charge in [0.25, 0.3) is 5.91 Å². The van der Waals surface area contributed by atoms with Gasteiger partial charge in [-0.05, 0) is 38.1 Å². The van der Waals surface area contributed by atoms with Gasteiger partial charge in [0.2, 0.25) is 5.91 Å². The van der Waals surface area contributed by atoms with Crippen LogP contribution in [0.25, 0.3) is 0 Å². The van der Waals surface area contributed by atoms with E-state index in [1.54, 1.807) is 18.7 Å². The monoisotopic (exact) mass is 413 g/mol. The van der Waals surface area contributed by atoms with E-state index in [2.05, 4.69) is 10.2 Å². The number of benzene rings is 2. The third-order valence-electron chi connectivity index (χ3n) is 5.82. The van der Waals surface area contributed by atoms with Gasteiger partial charge in [0.05, 0.1) is 48.3 Å². The van der Waals surface area contributed by atoms with Crippen molar-refractivity contribution in [3.05, 3.63) is 53.6 Å². The van der Waals surface area contributed by atoms with Crippen LogP contribution in [0, 0.1) is 0 Å². The third kappa shape index (κ3) is 3.70. The van der Waals surface area contributed by atoms with Gasteiger partial charge in [-0.15, -0.1) is 0 Å². The Bertz CT molecular complexity index is 938. The molecule has 2 N–H and O–H groups in total. The highest BCUT2D eigenvalue weighted by atomic mass is 35.5. The molecule has 0 radical (unpaired) electrons. The van der Waals surface area contributed by atoms with E-state index < -0.39 is 5.54 Å². The molecule has 6 nitrogen and oxygen atoms in total. The number of carbonyl (C=O) groups is 2. The summed E-state index contributed by atoms with van der Waals surface area (Å²) in [5.74, 6) is -0.193. The molecule has 2 amide bonds. The Morgan fingerprint density at radius 3 is 2.38 bits per heavy atom. The first-order valence-electron chi connectivity index (χ1n) is 9.94. The summed E-state index contributed by atoms with van der Waals surface area (Å²) in [6.45, 7) is 7.32. The second-order valence-electron chi connectivity index (χ2n) is 8.12. The van der Waals surface area contributed by atoms with Gasteiger partial charge in [-0.2, -0.15) is 0 Å². The lowest BCUT2D eigenvalue weighted by Crippen LogP contribution is -3.16. The van der Waals surface area contributed by atoms with E-state index in [1.165, 1.54) is 4.90 Å². The van der Waals surface area contributed by atoms with E-state index in [1.807, 2.05) is 48.5 Å². The minimum Gasteiger partial charge on any atom is -0.359 e. The number of hydrogen-bond donors (Lipinski definition) is 2. The molecular formula is C22H26ClN4O2+. The van der Waals surface area contributed by atoms with Gasteiger partial charge in [-0.3, -0.25) is 14.5 Å². The number of carbonyl (C=O) groups excluding carboxylic acids is 2. The Labute approximate surface area is 176 Å². The summed E-state index contributed by atoms with van der Waals surface area (Å²) in [6.07, 6.45) is 0. The third-order valence-corrected chi connectivity index (χ3v) is 6.14. The molecule has 0 unspecified atom stereocenters. The zero-order chi connectivity index (χ0) is 20.6. The maximum Gasteiger partial charge on any atom is 0.283 e. The Morgan fingerprint density at radius 1 is 1.07 bits per heavy atom. The van der Waals surface area contributed by atoms with Crippen molar-refractivity contribution in [2.45, 2.75) is 19.4 Å². The largest absolute Gasteiger partial charge is 0.359 e. The molecule has 0 saturated carbocycles. The first kappa shape index (κ1) is 19.7. The molecular weight excluding hydrogens is 388 g/mol. The van der Waals surface area contributed by atoms with Crippen LogP contribution in [0.2, 0.25) is 5.02 Å². The molecule has 29 heavy (non-hydrogen) atoms. The molecule has 0 aromatic heterocycles. The fourth-order valence-electron chi connectivity index (χ4n) is 4.14. The molecule has 0 atom stereocenters. The number of halogens is 1. The summed E-state index contributed by atoms with van der Waals surface area (Å²) >= 11 is 6.33. The van der Waals surface area contributed by atoms with Crippen LogP contribution in [0.1, 0.15) is 13.8 Å². The highest BCUT2D eigenvalue weighted by Crippen LogP contribution is 2.36. The van der Waals surface area contributed by atoms with E-state index in [9.17, 15) is 9.59 Å². The zero-order valence-corrected chi connectivity index (χ0v) is 17.5. The van der Waals surface area contributed by atoms with Gasteiger partial charge in [0, 0.05) is 0 Å². The number of nitrogens with zero attached hydrogens (tertiary/aromatic N) is 2. The van der Waals surface area contributed by atoms with E-state index in [0.717, 1.165) is 42.6 Å². The molecule has 0 bridgehead atoms. The summed E-state index contributed by atoms with van der Waals surface area (Å²) in [5.41, 5.74) is 1.56. The fourth-order valence-corrected chi connectivity index (χ4v) is 4.40. The summed E-state index contributed by atoms with van der Waals surface area (Å²) in [6, 6.07) is 15.3. The number of para-hydroxylation sites is 3. The number of anilines is 3. The number of amides is 2. The van der Waals surface area contributed by atoms with E-state index in [4.69, 9.17) is 11.6 Å². The van der Waals surface area contributed by atoms with Gasteiger partial charge < -0.3 is 15.1 Å². The molecule has 2 aromatic rings. The molecule has 2 aliphatic rings. The quantitative estimate of drug-likeness (QED) is 0.806. The molecule has 0 spiro atoms. The van der Waals surface area contributed by atoms with Gasteiger partial charge in [0.1, 0.15) is 5.54 Å². The molecule has 4 rings (SSSR count). The highest BCUT2D eigenvalue weighted by Gasteiger charge is 2.44. The Morgan fingerprint density at radius 2 is 1.69 bits per heavy atom. The topological polar surface area (TPSA) is 57.1 Å². The average Bonchev–Trinajstić information content (AvgIpc) is 2.70. The Hall–Kier alpha value is -2.57. The van der Waals surface area contributed by atoms with Crippen molar-refractivity contribution in [3.8, 4) is 0 Å². The Kier molecular flexibility index (Phi) is 5.23. The summed E-state index contributed by atoms with van der Waals surface area (Å²) < 4.78 is 0. The second-order valence-corrected chi connectivity index (χ2v) is 8.53. The average molecular weight is 414 g/mol. The van der Waals surface area contributed by atoms with Crippen molar-refractivity contribution in [2.75, 3.05) is 47.8 Å². The van der Waals surface area contributed by atoms with Gasteiger partial charge >= 0.3 is 0 Å². The molecule has 2 aromatic carbocycles. The Balaban J connectivity index is 1.46. The van der Waals surface area contributed by atoms with Crippen molar-refractivity contribution in [1.29, 1.82) is 0 Å². The van der Waals surface area contributed by atoms with Crippen molar-refractivity contribution in [1.82, 2.24) is 0 Å². The van der Waals surface area contributed by atoms with Crippen molar-refractivity contribution in [3.63, 3.8) is 0 Å². The highest BCUT2D eigenvalue weighted by molar-refractivity contribution is 6.33.